The molecule has 4 nitrogen and oxygen atoms in total. The maximum atomic E-state index is 12.4. The van der Waals surface area contributed by atoms with Gasteiger partial charge in [-0.25, -0.2) is 0 Å². The van der Waals surface area contributed by atoms with Crippen LogP contribution in [0.2, 0.25) is 0 Å². The summed E-state index contributed by atoms with van der Waals surface area (Å²) in [5, 5.41) is 15.2. The molecule has 1 heterocycles. The average Bonchev–Trinajstić information content (AvgIpc) is 3.04. The molecule has 1 aromatic heterocycles. The number of carbonyl (C=O) groups excluding carboxylic acids is 1. The Kier molecular flexibility index (Phi) is 3.68. The molecular weight excluding hydrogens is 286 g/mol. The highest BCUT2D eigenvalue weighted by atomic mass is 32.1. The molecule has 1 aliphatic rings. The highest BCUT2D eigenvalue weighted by molar-refractivity contribution is 7.17. The summed E-state index contributed by atoms with van der Waals surface area (Å²) in [5.74, 6) is -1.77. The molecule has 3 atom stereocenters. The Hall–Kier alpha value is -1.88. The van der Waals surface area contributed by atoms with E-state index < -0.39 is 17.8 Å². The van der Waals surface area contributed by atoms with Gasteiger partial charge in [0, 0.05) is 10.4 Å². The van der Waals surface area contributed by atoms with Crippen molar-refractivity contribution >= 4 is 39.0 Å². The van der Waals surface area contributed by atoms with Gasteiger partial charge in [-0.05, 0) is 53.8 Å². The van der Waals surface area contributed by atoms with E-state index in [9.17, 15) is 14.7 Å². The van der Waals surface area contributed by atoms with Crippen LogP contribution in [0.3, 0.4) is 0 Å². The molecular formula is C16H17NO3S. The van der Waals surface area contributed by atoms with Crippen LogP contribution in [0.4, 0.5) is 5.69 Å². The first-order chi connectivity index (χ1) is 10.0. The van der Waals surface area contributed by atoms with Crippen LogP contribution in [0.25, 0.3) is 10.1 Å². The molecule has 3 unspecified atom stereocenters. The third-order valence-corrected chi connectivity index (χ3v) is 5.07. The van der Waals surface area contributed by atoms with Crippen LogP contribution in [0.5, 0.6) is 0 Å². The number of benzene rings is 1. The van der Waals surface area contributed by atoms with E-state index in [4.69, 9.17) is 0 Å². The summed E-state index contributed by atoms with van der Waals surface area (Å²) in [6.07, 6.45) is 1.22. The van der Waals surface area contributed by atoms with Gasteiger partial charge in [-0.1, -0.05) is 6.92 Å². The van der Waals surface area contributed by atoms with Crippen molar-refractivity contribution in [1.29, 1.82) is 0 Å². The van der Waals surface area contributed by atoms with Gasteiger partial charge in [0.15, 0.2) is 0 Å². The number of thiophene rings is 1. The molecule has 0 saturated heterocycles. The quantitative estimate of drug-likeness (QED) is 0.910. The number of nitrogens with one attached hydrogen (secondary N) is 1. The normalized spacial score (nSPS) is 25.1. The number of carbonyl (C=O) groups is 2. The van der Waals surface area contributed by atoms with E-state index >= 15 is 0 Å². The molecule has 3 rings (SSSR count). The van der Waals surface area contributed by atoms with Crippen LogP contribution < -0.4 is 5.32 Å². The van der Waals surface area contributed by atoms with Gasteiger partial charge < -0.3 is 10.4 Å². The van der Waals surface area contributed by atoms with Crippen molar-refractivity contribution in [3.63, 3.8) is 0 Å². The first-order valence-electron chi connectivity index (χ1n) is 7.05. The van der Waals surface area contributed by atoms with Crippen molar-refractivity contribution in [2.24, 2.45) is 17.8 Å². The van der Waals surface area contributed by atoms with Crippen LogP contribution >= 0.6 is 11.3 Å². The Bertz CT molecular complexity index is 694. The summed E-state index contributed by atoms with van der Waals surface area (Å²) in [5.41, 5.74) is 0.731. The van der Waals surface area contributed by atoms with Gasteiger partial charge in [0.25, 0.3) is 0 Å². The van der Waals surface area contributed by atoms with Crippen LogP contribution in [-0.2, 0) is 9.59 Å². The topological polar surface area (TPSA) is 66.4 Å². The number of aliphatic carboxylic acids is 1. The van der Waals surface area contributed by atoms with Gasteiger partial charge >= 0.3 is 5.97 Å². The summed E-state index contributed by atoms with van der Waals surface area (Å²) in [7, 11) is 0. The number of carboxylic acid groups (broad SMARTS) is 1. The molecule has 110 valence electrons. The van der Waals surface area contributed by atoms with Crippen LogP contribution in [0, 0.1) is 17.8 Å². The highest BCUT2D eigenvalue weighted by Crippen LogP contribution is 2.37. The lowest BCUT2D eigenvalue weighted by molar-refractivity contribution is -0.145. The summed E-state index contributed by atoms with van der Waals surface area (Å²) >= 11 is 1.65. The van der Waals surface area contributed by atoms with E-state index in [1.807, 2.05) is 36.6 Å². The molecule has 1 aliphatic carbocycles. The predicted molar refractivity (Wildman–Crippen MR) is 83.5 cm³/mol. The SMILES string of the molecule is CC1CC(C(=O)O)C(C(=O)Nc2ccc3sccc3c2)C1. The lowest BCUT2D eigenvalue weighted by Crippen LogP contribution is -2.29. The molecule has 21 heavy (non-hydrogen) atoms. The van der Waals surface area contributed by atoms with Crippen molar-refractivity contribution in [2.45, 2.75) is 19.8 Å². The highest BCUT2D eigenvalue weighted by Gasteiger charge is 2.41. The van der Waals surface area contributed by atoms with Crippen molar-refractivity contribution in [3.8, 4) is 0 Å². The minimum Gasteiger partial charge on any atom is -0.481 e. The molecule has 0 spiro atoms. The first kappa shape index (κ1) is 14.1. The third-order valence-electron chi connectivity index (χ3n) is 4.17. The second-order valence-electron chi connectivity index (χ2n) is 5.79. The Balaban J connectivity index is 1.77. The molecule has 0 bridgehead atoms. The van der Waals surface area contributed by atoms with Crippen molar-refractivity contribution in [2.75, 3.05) is 5.32 Å². The molecule has 5 heteroatoms. The van der Waals surface area contributed by atoms with Crippen LogP contribution in [0.1, 0.15) is 19.8 Å². The van der Waals surface area contributed by atoms with Crippen molar-refractivity contribution < 1.29 is 14.7 Å². The number of hydrogen-bond acceptors (Lipinski definition) is 3. The second kappa shape index (κ2) is 5.48. The number of hydrogen-bond donors (Lipinski definition) is 2. The Morgan fingerprint density at radius 1 is 1.24 bits per heavy atom. The summed E-state index contributed by atoms with van der Waals surface area (Å²) in [4.78, 5) is 23.7. The minimum atomic E-state index is -0.868. The van der Waals surface area contributed by atoms with E-state index in [1.54, 1.807) is 11.3 Å². The predicted octanol–water partition coefficient (Wildman–Crippen LogP) is 3.59. The van der Waals surface area contributed by atoms with Crippen LogP contribution in [0.15, 0.2) is 29.6 Å². The van der Waals surface area contributed by atoms with Crippen LogP contribution in [-0.4, -0.2) is 17.0 Å². The largest absolute Gasteiger partial charge is 0.481 e. The summed E-state index contributed by atoms with van der Waals surface area (Å²) < 4.78 is 1.17. The molecule has 0 aliphatic heterocycles. The number of rotatable bonds is 3. The van der Waals surface area contributed by atoms with Gasteiger partial charge in [0.1, 0.15) is 0 Å². The fourth-order valence-electron chi connectivity index (χ4n) is 3.13. The smallest absolute Gasteiger partial charge is 0.307 e. The molecule has 0 radical (unpaired) electrons. The van der Waals surface area contributed by atoms with Gasteiger partial charge in [-0.2, -0.15) is 0 Å². The van der Waals surface area contributed by atoms with Gasteiger partial charge in [-0.3, -0.25) is 9.59 Å². The average molecular weight is 303 g/mol. The number of carboxylic acids is 1. The monoisotopic (exact) mass is 303 g/mol. The molecule has 1 saturated carbocycles. The number of fused-ring (bicyclic) bond motifs is 1. The van der Waals surface area contributed by atoms with Gasteiger partial charge in [0.2, 0.25) is 5.91 Å². The number of amides is 1. The van der Waals surface area contributed by atoms with Crippen molar-refractivity contribution in [1.82, 2.24) is 0 Å². The summed E-state index contributed by atoms with van der Waals surface area (Å²) in [6.45, 7) is 2.00. The standard InChI is InChI=1S/C16H17NO3S/c1-9-6-12(13(7-9)16(19)20)15(18)17-11-2-3-14-10(8-11)4-5-21-14/h2-5,8-9,12-13H,6-7H2,1H3,(H,17,18)(H,19,20). The Morgan fingerprint density at radius 2 is 2.00 bits per heavy atom. The van der Waals surface area contributed by atoms with E-state index in [1.165, 1.54) is 4.70 Å². The maximum absolute atomic E-state index is 12.4. The maximum Gasteiger partial charge on any atom is 0.307 e. The number of anilines is 1. The van der Waals surface area contributed by atoms with E-state index in [2.05, 4.69) is 5.32 Å². The van der Waals surface area contributed by atoms with Gasteiger partial charge in [0.05, 0.1) is 11.8 Å². The fraction of sp³-hybridized carbons (Fsp3) is 0.375. The lowest BCUT2D eigenvalue weighted by Gasteiger charge is -2.15. The zero-order valence-corrected chi connectivity index (χ0v) is 12.5. The van der Waals surface area contributed by atoms with Crippen molar-refractivity contribution in [3.05, 3.63) is 29.6 Å². The van der Waals surface area contributed by atoms with E-state index in [0.29, 0.717) is 12.8 Å². The lowest BCUT2D eigenvalue weighted by atomic mass is 9.95. The third kappa shape index (κ3) is 2.78. The minimum absolute atomic E-state index is 0.179. The Morgan fingerprint density at radius 3 is 2.76 bits per heavy atom. The molecule has 1 fully saturated rings. The zero-order valence-electron chi connectivity index (χ0n) is 11.7. The first-order valence-corrected chi connectivity index (χ1v) is 7.93. The molecule has 2 N–H and O–H groups in total. The Labute approximate surface area is 126 Å². The molecule has 1 amide bonds. The fourth-order valence-corrected chi connectivity index (χ4v) is 3.90. The van der Waals surface area contributed by atoms with Gasteiger partial charge in [-0.15, -0.1) is 11.3 Å². The van der Waals surface area contributed by atoms with E-state index in [-0.39, 0.29) is 11.8 Å². The molecule has 1 aromatic carbocycles. The molecule has 2 aromatic rings. The zero-order chi connectivity index (χ0) is 15.0. The second-order valence-corrected chi connectivity index (χ2v) is 6.74. The summed E-state index contributed by atoms with van der Waals surface area (Å²) in [6, 6.07) is 7.78. The van der Waals surface area contributed by atoms with E-state index in [0.717, 1.165) is 11.1 Å².